The maximum atomic E-state index is 9.80. The van der Waals surface area contributed by atoms with Crippen LogP contribution in [0.5, 0.6) is 0 Å². The van der Waals surface area contributed by atoms with Gasteiger partial charge in [-0.05, 0) is 32.4 Å². The zero-order valence-corrected chi connectivity index (χ0v) is 10.7. The van der Waals surface area contributed by atoms with E-state index in [1.54, 1.807) is 0 Å². The molecule has 0 heterocycles. The predicted molar refractivity (Wildman–Crippen MR) is 71.7 cm³/mol. The fourth-order valence-electron chi connectivity index (χ4n) is 1.57. The molecule has 2 unspecified atom stereocenters. The van der Waals surface area contributed by atoms with Gasteiger partial charge in [-0.3, -0.25) is 0 Å². The molecule has 0 fully saturated rings. The minimum Gasteiger partial charge on any atom is -0.392 e. The van der Waals surface area contributed by atoms with Crippen molar-refractivity contribution in [1.29, 1.82) is 0 Å². The van der Waals surface area contributed by atoms with Crippen LogP contribution in [0.4, 0.5) is 0 Å². The summed E-state index contributed by atoms with van der Waals surface area (Å²) in [4.78, 5) is 0. The zero-order chi connectivity index (χ0) is 12.9. The van der Waals surface area contributed by atoms with Crippen molar-refractivity contribution in [2.45, 2.75) is 31.4 Å². The summed E-state index contributed by atoms with van der Waals surface area (Å²) in [6.07, 6.45) is 2.01. The first kappa shape index (κ1) is 16.8. The smallest absolute Gasteiger partial charge is 0.0692 e. The van der Waals surface area contributed by atoms with Crippen LogP contribution < -0.4 is 27.8 Å². The van der Waals surface area contributed by atoms with Crippen LogP contribution in [0, 0.1) is 0 Å². The van der Waals surface area contributed by atoms with Gasteiger partial charge >= 0.3 is 0 Å². The zero-order valence-electron chi connectivity index (χ0n) is 10.7. The van der Waals surface area contributed by atoms with Crippen LogP contribution in [0.25, 0.3) is 0 Å². The first-order valence-electron chi connectivity index (χ1n) is 6.47. The fourth-order valence-corrected chi connectivity index (χ4v) is 1.57. The van der Waals surface area contributed by atoms with Gasteiger partial charge in [0, 0.05) is 32.2 Å². The number of hydrogen-bond acceptors (Lipinski definition) is 6. The SMILES string of the molecule is NCCNCCCC(O)C(N)CCNCCN. The number of aliphatic hydroxyl groups is 1. The third kappa shape index (κ3) is 10.6. The molecule has 9 N–H and O–H groups in total. The predicted octanol–water partition coefficient (Wildman–Crippen LogP) is -2.06. The van der Waals surface area contributed by atoms with Crippen LogP contribution in [-0.4, -0.2) is 56.5 Å². The number of nitrogens with two attached hydrogens (primary N) is 3. The normalized spacial score (nSPS) is 14.8. The van der Waals surface area contributed by atoms with Gasteiger partial charge in [0.05, 0.1) is 6.10 Å². The van der Waals surface area contributed by atoms with Crippen molar-refractivity contribution < 1.29 is 5.11 Å². The van der Waals surface area contributed by atoms with E-state index in [0.717, 1.165) is 45.4 Å². The summed E-state index contributed by atoms with van der Waals surface area (Å²) in [5.41, 5.74) is 16.6. The summed E-state index contributed by atoms with van der Waals surface area (Å²) in [5, 5.41) is 16.1. The molecule has 0 bridgehead atoms. The second-order valence-electron chi connectivity index (χ2n) is 4.24. The Hall–Kier alpha value is -0.240. The summed E-state index contributed by atoms with van der Waals surface area (Å²) in [7, 11) is 0. The van der Waals surface area contributed by atoms with Gasteiger partial charge in [-0.25, -0.2) is 0 Å². The van der Waals surface area contributed by atoms with Crippen LogP contribution in [-0.2, 0) is 0 Å². The van der Waals surface area contributed by atoms with Gasteiger partial charge in [0.1, 0.15) is 0 Å². The molecule has 0 aliphatic carbocycles. The number of nitrogens with one attached hydrogen (secondary N) is 2. The Morgan fingerprint density at radius 2 is 1.47 bits per heavy atom. The number of aliphatic hydroxyl groups excluding tert-OH is 1. The van der Waals surface area contributed by atoms with Crippen molar-refractivity contribution in [2.75, 3.05) is 39.3 Å². The van der Waals surface area contributed by atoms with E-state index >= 15 is 0 Å². The molecular weight excluding hydrogens is 218 g/mol. The molecule has 0 radical (unpaired) electrons. The monoisotopic (exact) mass is 247 g/mol. The number of hydrogen-bond donors (Lipinski definition) is 6. The lowest BCUT2D eigenvalue weighted by Gasteiger charge is -2.19. The van der Waals surface area contributed by atoms with Gasteiger partial charge in [-0.15, -0.1) is 0 Å². The fraction of sp³-hybridized carbons (Fsp3) is 1.00. The lowest BCUT2D eigenvalue weighted by atomic mass is 10.0. The molecular formula is C11H29N5O. The molecule has 6 nitrogen and oxygen atoms in total. The topological polar surface area (TPSA) is 122 Å². The van der Waals surface area contributed by atoms with Crippen LogP contribution in [0.1, 0.15) is 19.3 Å². The second-order valence-corrected chi connectivity index (χ2v) is 4.24. The molecule has 17 heavy (non-hydrogen) atoms. The van der Waals surface area contributed by atoms with Gasteiger partial charge in [0.15, 0.2) is 0 Å². The average Bonchev–Trinajstić information content (AvgIpc) is 2.34. The van der Waals surface area contributed by atoms with E-state index in [2.05, 4.69) is 10.6 Å². The molecule has 0 aromatic rings. The van der Waals surface area contributed by atoms with Gasteiger partial charge in [-0.2, -0.15) is 0 Å². The minimum absolute atomic E-state index is 0.158. The number of rotatable bonds is 12. The van der Waals surface area contributed by atoms with E-state index in [-0.39, 0.29) is 6.04 Å². The molecule has 0 rings (SSSR count). The highest BCUT2D eigenvalue weighted by molar-refractivity contribution is 4.73. The van der Waals surface area contributed by atoms with E-state index in [4.69, 9.17) is 17.2 Å². The summed E-state index contributed by atoms with van der Waals surface area (Å²) in [6.45, 7) is 4.59. The summed E-state index contributed by atoms with van der Waals surface area (Å²) >= 11 is 0. The maximum Gasteiger partial charge on any atom is 0.0692 e. The molecule has 0 amide bonds. The third-order valence-corrected chi connectivity index (χ3v) is 2.64. The highest BCUT2D eigenvalue weighted by atomic mass is 16.3. The Labute approximate surface area is 104 Å². The highest BCUT2D eigenvalue weighted by Gasteiger charge is 2.13. The van der Waals surface area contributed by atoms with Crippen LogP contribution in [0.3, 0.4) is 0 Å². The lowest BCUT2D eigenvalue weighted by molar-refractivity contribution is 0.128. The summed E-state index contributed by atoms with van der Waals surface area (Å²) in [5.74, 6) is 0. The van der Waals surface area contributed by atoms with Gasteiger partial charge in [-0.1, -0.05) is 0 Å². The van der Waals surface area contributed by atoms with E-state index < -0.39 is 6.10 Å². The quantitative estimate of drug-likeness (QED) is 0.221. The Morgan fingerprint density at radius 1 is 0.882 bits per heavy atom. The first-order valence-corrected chi connectivity index (χ1v) is 6.47. The molecule has 2 atom stereocenters. The molecule has 0 spiro atoms. The summed E-state index contributed by atoms with van der Waals surface area (Å²) in [6, 6.07) is -0.158. The molecule has 0 aromatic carbocycles. The van der Waals surface area contributed by atoms with Crippen molar-refractivity contribution in [1.82, 2.24) is 10.6 Å². The van der Waals surface area contributed by atoms with Crippen molar-refractivity contribution >= 4 is 0 Å². The van der Waals surface area contributed by atoms with Crippen LogP contribution in [0.15, 0.2) is 0 Å². The van der Waals surface area contributed by atoms with Crippen LogP contribution >= 0.6 is 0 Å². The van der Waals surface area contributed by atoms with Crippen molar-refractivity contribution in [3.8, 4) is 0 Å². The van der Waals surface area contributed by atoms with E-state index in [0.29, 0.717) is 13.1 Å². The Morgan fingerprint density at radius 3 is 2.06 bits per heavy atom. The summed E-state index contributed by atoms with van der Waals surface area (Å²) < 4.78 is 0. The third-order valence-electron chi connectivity index (χ3n) is 2.64. The molecule has 104 valence electrons. The van der Waals surface area contributed by atoms with Gasteiger partial charge < -0.3 is 32.9 Å². The minimum atomic E-state index is -0.422. The molecule has 0 saturated heterocycles. The molecule has 0 aliphatic heterocycles. The van der Waals surface area contributed by atoms with Crippen molar-refractivity contribution in [3.63, 3.8) is 0 Å². The van der Waals surface area contributed by atoms with Crippen LogP contribution in [0.2, 0.25) is 0 Å². The Bertz CT molecular complexity index is 159. The van der Waals surface area contributed by atoms with Gasteiger partial charge in [0.25, 0.3) is 0 Å². The maximum absolute atomic E-state index is 9.80. The van der Waals surface area contributed by atoms with Crippen molar-refractivity contribution in [3.05, 3.63) is 0 Å². The second kappa shape index (κ2) is 12.2. The standard InChI is InChI=1S/C11H29N5O/c12-4-8-15-6-1-2-11(17)10(14)3-7-16-9-5-13/h10-11,15-17H,1-9,12-14H2. The average molecular weight is 247 g/mol. The van der Waals surface area contributed by atoms with E-state index in [9.17, 15) is 5.11 Å². The molecule has 0 aromatic heterocycles. The highest BCUT2D eigenvalue weighted by Crippen LogP contribution is 2.03. The molecule has 6 heteroatoms. The first-order chi connectivity index (χ1) is 8.22. The lowest BCUT2D eigenvalue weighted by Crippen LogP contribution is -2.38. The van der Waals surface area contributed by atoms with Crippen molar-refractivity contribution in [2.24, 2.45) is 17.2 Å². The Balaban J connectivity index is 3.36. The molecule has 0 aliphatic rings. The van der Waals surface area contributed by atoms with Gasteiger partial charge in [0.2, 0.25) is 0 Å². The van der Waals surface area contributed by atoms with E-state index in [1.807, 2.05) is 0 Å². The van der Waals surface area contributed by atoms with E-state index in [1.165, 1.54) is 0 Å². The molecule has 0 saturated carbocycles. The Kier molecular flexibility index (Phi) is 12.1. The largest absolute Gasteiger partial charge is 0.392 e.